The molecule has 0 radical (unpaired) electrons. The molecule has 104 valence electrons. The lowest BCUT2D eigenvalue weighted by atomic mass is 10.2. The normalized spacial score (nSPS) is 10.4. The second-order valence-electron chi connectivity index (χ2n) is 4.07. The van der Waals surface area contributed by atoms with Gasteiger partial charge >= 0.3 is 6.09 Å². The highest BCUT2D eigenvalue weighted by Crippen LogP contribution is 2.25. The van der Waals surface area contributed by atoms with Gasteiger partial charge in [-0.05, 0) is 11.6 Å². The molecular weight excluding hydrogens is 276 g/mol. The van der Waals surface area contributed by atoms with Crippen molar-refractivity contribution in [1.82, 2.24) is 9.88 Å². The minimum absolute atomic E-state index is 0.156. The molecule has 2 rings (SSSR count). The van der Waals surface area contributed by atoms with Gasteiger partial charge in [-0.3, -0.25) is 9.36 Å². The molecule has 0 bridgehead atoms. The molecule has 6 heteroatoms. The fraction of sp³-hybridized carbons (Fsp3) is 0.143. The fourth-order valence-corrected chi connectivity index (χ4v) is 2.58. The Bertz CT molecular complexity index is 663. The van der Waals surface area contributed by atoms with E-state index >= 15 is 0 Å². The van der Waals surface area contributed by atoms with Gasteiger partial charge in [0, 0.05) is 23.9 Å². The maximum atomic E-state index is 11.5. The number of rotatable bonds is 4. The van der Waals surface area contributed by atoms with E-state index in [0.717, 1.165) is 22.7 Å². The summed E-state index contributed by atoms with van der Waals surface area (Å²) in [4.78, 5) is 22.7. The molecule has 0 saturated heterocycles. The summed E-state index contributed by atoms with van der Waals surface area (Å²) >= 11 is 1.11. The van der Waals surface area contributed by atoms with Crippen LogP contribution in [0.5, 0.6) is 0 Å². The Morgan fingerprint density at radius 1 is 1.40 bits per heavy atom. The van der Waals surface area contributed by atoms with Crippen LogP contribution in [0, 0.1) is 0 Å². The lowest BCUT2D eigenvalue weighted by molar-refractivity contribution is 0.197. The van der Waals surface area contributed by atoms with Crippen LogP contribution in [-0.2, 0) is 5.75 Å². The van der Waals surface area contributed by atoms with Crippen LogP contribution in [0.4, 0.5) is 9.59 Å². The Morgan fingerprint density at radius 3 is 2.85 bits per heavy atom. The number of carbonyl (C=O) groups is 2. The Hall–Kier alpha value is -2.21. The number of hydrogen-bond donors (Lipinski definition) is 2. The van der Waals surface area contributed by atoms with E-state index in [2.05, 4.69) is 11.9 Å². The Labute approximate surface area is 120 Å². The predicted octanol–water partition coefficient (Wildman–Crippen LogP) is 3.30. The van der Waals surface area contributed by atoms with E-state index in [0.29, 0.717) is 17.8 Å². The van der Waals surface area contributed by atoms with Gasteiger partial charge in [-0.25, -0.2) is 4.79 Å². The van der Waals surface area contributed by atoms with E-state index in [4.69, 9.17) is 5.11 Å². The van der Waals surface area contributed by atoms with E-state index in [1.54, 1.807) is 24.4 Å². The average molecular weight is 290 g/mol. The summed E-state index contributed by atoms with van der Waals surface area (Å²) < 4.78 is 1.17. The van der Waals surface area contributed by atoms with Gasteiger partial charge in [-0.1, -0.05) is 36.0 Å². The van der Waals surface area contributed by atoms with E-state index in [1.165, 1.54) is 4.57 Å². The van der Waals surface area contributed by atoms with Crippen molar-refractivity contribution < 1.29 is 14.7 Å². The molecule has 0 aliphatic rings. The van der Waals surface area contributed by atoms with Gasteiger partial charge in [0.2, 0.25) is 0 Å². The first-order valence-corrected chi connectivity index (χ1v) is 6.96. The first-order valence-electron chi connectivity index (χ1n) is 5.97. The van der Waals surface area contributed by atoms with Crippen LogP contribution in [0.2, 0.25) is 0 Å². The number of para-hydroxylation sites is 1. The topological polar surface area (TPSA) is 71.3 Å². The maximum Gasteiger partial charge on any atom is 0.416 e. The standard InChI is InChI=1S/C14H14N2O3S/c1-2-7-15-13(17)20-9-10-8-16(14(18)19)12-6-4-3-5-11(10)12/h2-6,8H,1,7,9H2,(H,15,17)(H,18,19). The third-order valence-electron chi connectivity index (χ3n) is 2.75. The van der Waals surface area contributed by atoms with Crippen molar-refractivity contribution in [3.63, 3.8) is 0 Å². The molecule has 0 aliphatic carbocycles. The van der Waals surface area contributed by atoms with Crippen LogP contribution in [0.25, 0.3) is 10.9 Å². The number of carbonyl (C=O) groups excluding carboxylic acids is 1. The first-order chi connectivity index (χ1) is 9.63. The van der Waals surface area contributed by atoms with Crippen LogP contribution >= 0.6 is 11.8 Å². The van der Waals surface area contributed by atoms with E-state index < -0.39 is 6.09 Å². The first kappa shape index (κ1) is 14.2. The zero-order valence-electron chi connectivity index (χ0n) is 10.7. The molecule has 5 nitrogen and oxygen atoms in total. The predicted molar refractivity (Wildman–Crippen MR) is 80.3 cm³/mol. The Kier molecular flexibility index (Phi) is 4.47. The van der Waals surface area contributed by atoms with Crippen LogP contribution in [0.3, 0.4) is 0 Å². The molecule has 1 heterocycles. The van der Waals surface area contributed by atoms with E-state index in [9.17, 15) is 9.59 Å². The van der Waals surface area contributed by atoms with Gasteiger partial charge in [0.15, 0.2) is 0 Å². The third-order valence-corrected chi connectivity index (χ3v) is 3.61. The summed E-state index contributed by atoms with van der Waals surface area (Å²) in [7, 11) is 0. The highest BCUT2D eigenvalue weighted by Gasteiger charge is 2.13. The number of nitrogens with one attached hydrogen (secondary N) is 1. The molecule has 1 aromatic heterocycles. The van der Waals surface area contributed by atoms with Crippen LogP contribution in [0.15, 0.2) is 43.1 Å². The number of hydrogen-bond acceptors (Lipinski definition) is 3. The largest absolute Gasteiger partial charge is 0.464 e. The monoisotopic (exact) mass is 290 g/mol. The summed E-state index contributed by atoms with van der Waals surface area (Å²) in [6.07, 6.45) is 2.13. The van der Waals surface area contributed by atoms with Gasteiger partial charge in [-0.2, -0.15) is 0 Å². The molecule has 2 N–H and O–H groups in total. The molecule has 1 amide bonds. The zero-order chi connectivity index (χ0) is 14.5. The van der Waals surface area contributed by atoms with Gasteiger partial charge in [0.05, 0.1) is 5.52 Å². The number of fused-ring (bicyclic) bond motifs is 1. The van der Waals surface area contributed by atoms with E-state index in [-0.39, 0.29) is 5.24 Å². The van der Waals surface area contributed by atoms with Crippen molar-refractivity contribution in [3.05, 3.63) is 48.7 Å². The Balaban J connectivity index is 2.20. The molecule has 0 saturated carbocycles. The van der Waals surface area contributed by atoms with Crippen molar-refractivity contribution in [2.24, 2.45) is 0 Å². The molecule has 1 aromatic carbocycles. The van der Waals surface area contributed by atoms with Crippen molar-refractivity contribution in [3.8, 4) is 0 Å². The number of amides is 1. The van der Waals surface area contributed by atoms with Crippen molar-refractivity contribution >= 4 is 34.0 Å². The summed E-state index contributed by atoms with van der Waals surface area (Å²) in [6.45, 7) is 3.94. The van der Waals surface area contributed by atoms with E-state index in [1.807, 2.05) is 12.1 Å². The summed E-state index contributed by atoms with van der Waals surface area (Å²) in [5, 5.41) is 12.5. The van der Waals surface area contributed by atoms with Gasteiger partial charge in [0.1, 0.15) is 0 Å². The minimum atomic E-state index is -1.03. The fourth-order valence-electron chi connectivity index (χ4n) is 1.87. The minimum Gasteiger partial charge on any atom is -0.464 e. The van der Waals surface area contributed by atoms with Crippen LogP contribution < -0.4 is 5.32 Å². The molecule has 0 spiro atoms. The number of benzene rings is 1. The average Bonchev–Trinajstić information content (AvgIpc) is 2.82. The second kappa shape index (κ2) is 6.29. The van der Waals surface area contributed by atoms with Crippen molar-refractivity contribution in [1.29, 1.82) is 0 Å². The zero-order valence-corrected chi connectivity index (χ0v) is 11.5. The number of carboxylic acid groups (broad SMARTS) is 1. The number of aromatic nitrogens is 1. The number of nitrogens with zero attached hydrogens (tertiary/aromatic N) is 1. The molecule has 2 aromatic rings. The quantitative estimate of drug-likeness (QED) is 0.848. The van der Waals surface area contributed by atoms with Gasteiger partial charge < -0.3 is 10.4 Å². The summed E-state index contributed by atoms with van der Waals surface area (Å²) in [5.41, 5.74) is 1.45. The van der Waals surface area contributed by atoms with Gasteiger partial charge in [0.25, 0.3) is 5.24 Å². The molecule has 20 heavy (non-hydrogen) atoms. The molecule has 0 atom stereocenters. The lowest BCUT2D eigenvalue weighted by Gasteiger charge is -2.00. The number of thioether (sulfide) groups is 1. The highest BCUT2D eigenvalue weighted by atomic mass is 32.2. The van der Waals surface area contributed by atoms with Crippen molar-refractivity contribution in [2.45, 2.75) is 5.75 Å². The summed E-state index contributed by atoms with van der Waals surface area (Å²) in [6, 6.07) is 7.23. The molecule has 0 aliphatic heterocycles. The summed E-state index contributed by atoms with van der Waals surface area (Å²) in [5.74, 6) is 0.420. The molecule has 0 fully saturated rings. The van der Waals surface area contributed by atoms with Gasteiger partial charge in [-0.15, -0.1) is 6.58 Å². The maximum absolute atomic E-state index is 11.5. The van der Waals surface area contributed by atoms with Crippen molar-refractivity contribution in [2.75, 3.05) is 6.54 Å². The third kappa shape index (κ3) is 3.03. The highest BCUT2D eigenvalue weighted by molar-refractivity contribution is 8.12. The lowest BCUT2D eigenvalue weighted by Crippen LogP contribution is -2.18. The van der Waals surface area contributed by atoms with Crippen LogP contribution in [0.1, 0.15) is 5.56 Å². The Morgan fingerprint density at radius 2 is 2.15 bits per heavy atom. The SMILES string of the molecule is C=CCNC(=O)SCc1cn(C(=O)O)c2ccccc12. The molecule has 0 unspecified atom stereocenters. The molecular formula is C14H14N2O3S. The van der Waals surface area contributed by atoms with Crippen LogP contribution in [-0.4, -0.2) is 27.6 Å². The second-order valence-corrected chi connectivity index (χ2v) is 5.02. The smallest absolute Gasteiger partial charge is 0.416 e.